The molecule has 0 aliphatic heterocycles. The molecule has 0 bridgehead atoms. The molecule has 0 unspecified atom stereocenters. The van der Waals surface area contributed by atoms with E-state index in [9.17, 15) is 0 Å². The molecule has 0 atom stereocenters. The van der Waals surface area contributed by atoms with Crippen molar-refractivity contribution in [3.05, 3.63) is 12.8 Å². The summed E-state index contributed by atoms with van der Waals surface area (Å²) >= 11 is 0. The highest BCUT2D eigenvalue weighted by atomic mass is 16.5. The first-order chi connectivity index (χ1) is 4.83. The van der Waals surface area contributed by atoms with Crippen molar-refractivity contribution < 1.29 is 4.74 Å². The Balaban J connectivity index is 2.10. The van der Waals surface area contributed by atoms with Gasteiger partial charge in [0, 0.05) is 13.1 Å². The van der Waals surface area contributed by atoms with E-state index >= 15 is 0 Å². The van der Waals surface area contributed by atoms with Crippen LogP contribution < -0.4 is 0 Å². The fraction of sp³-hybridized carbons (Fsp3) is 0.625. The highest BCUT2D eigenvalue weighted by Gasteiger charge is 2.21. The minimum atomic E-state index is 0.724. The zero-order chi connectivity index (χ0) is 7.40. The quantitative estimate of drug-likeness (QED) is 0.432. The summed E-state index contributed by atoms with van der Waals surface area (Å²) in [7, 11) is 0. The Morgan fingerprint density at radius 1 is 1.80 bits per heavy atom. The SMILES string of the molecule is C=CN=C(C)OCC1CC1. The molecule has 56 valence electrons. The van der Waals surface area contributed by atoms with Crippen LogP contribution in [0.4, 0.5) is 0 Å². The van der Waals surface area contributed by atoms with E-state index in [4.69, 9.17) is 4.74 Å². The van der Waals surface area contributed by atoms with E-state index in [2.05, 4.69) is 11.6 Å². The van der Waals surface area contributed by atoms with Crippen molar-refractivity contribution in [1.82, 2.24) is 0 Å². The number of hydrogen-bond acceptors (Lipinski definition) is 2. The van der Waals surface area contributed by atoms with E-state index in [0.717, 1.165) is 18.4 Å². The third-order valence-electron chi connectivity index (χ3n) is 1.50. The molecule has 1 aliphatic rings. The number of ether oxygens (including phenoxy) is 1. The van der Waals surface area contributed by atoms with Crippen LogP contribution in [0.2, 0.25) is 0 Å². The van der Waals surface area contributed by atoms with Crippen molar-refractivity contribution in [2.24, 2.45) is 10.9 Å². The Kier molecular flexibility index (Phi) is 2.49. The van der Waals surface area contributed by atoms with E-state index in [1.165, 1.54) is 19.0 Å². The van der Waals surface area contributed by atoms with Crippen LogP contribution in [0.15, 0.2) is 17.8 Å². The van der Waals surface area contributed by atoms with Gasteiger partial charge in [-0.2, -0.15) is 0 Å². The van der Waals surface area contributed by atoms with Crippen molar-refractivity contribution in [3.8, 4) is 0 Å². The zero-order valence-corrected chi connectivity index (χ0v) is 6.34. The van der Waals surface area contributed by atoms with E-state index in [-0.39, 0.29) is 0 Å². The van der Waals surface area contributed by atoms with Crippen molar-refractivity contribution in [3.63, 3.8) is 0 Å². The summed E-state index contributed by atoms with van der Waals surface area (Å²) in [4.78, 5) is 3.88. The highest BCUT2D eigenvalue weighted by molar-refractivity contribution is 5.73. The molecule has 1 aliphatic carbocycles. The molecule has 0 spiro atoms. The smallest absolute Gasteiger partial charge is 0.184 e. The monoisotopic (exact) mass is 139 g/mol. The summed E-state index contributed by atoms with van der Waals surface area (Å²) < 4.78 is 5.29. The largest absolute Gasteiger partial charge is 0.481 e. The Morgan fingerprint density at radius 2 is 2.50 bits per heavy atom. The van der Waals surface area contributed by atoms with Crippen molar-refractivity contribution >= 4 is 5.90 Å². The second kappa shape index (κ2) is 3.40. The first-order valence-corrected chi connectivity index (χ1v) is 3.61. The van der Waals surface area contributed by atoms with Crippen LogP contribution >= 0.6 is 0 Å². The van der Waals surface area contributed by atoms with Gasteiger partial charge in [0.05, 0.1) is 6.61 Å². The van der Waals surface area contributed by atoms with E-state index in [1.54, 1.807) is 0 Å². The number of hydrogen-bond donors (Lipinski definition) is 0. The van der Waals surface area contributed by atoms with E-state index < -0.39 is 0 Å². The van der Waals surface area contributed by atoms with Gasteiger partial charge in [-0.3, -0.25) is 0 Å². The standard InChI is InChI=1S/C8H13NO/c1-3-9-7(2)10-6-8-4-5-8/h3,8H,1,4-6H2,2H3. The third kappa shape index (κ3) is 2.67. The molecule has 1 fully saturated rings. The summed E-state index contributed by atoms with van der Waals surface area (Å²) in [6, 6.07) is 0. The van der Waals surface area contributed by atoms with Gasteiger partial charge in [-0.05, 0) is 18.8 Å². The Hall–Kier alpha value is -0.790. The maximum atomic E-state index is 5.29. The molecule has 0 heterocycles. The molecule has 0 aromatic heterocycles. The molecule has 1 rings (SSSR count). The minimum absolute atomic E-state index is 0.724. The summed E-state index contributed by atoms with van der Waals surface area (Å²) in [6.45, 7) is 6.16. The van der Waals surface area contributed by atoms with Crippen molar-refractivity contribution in [1.29, 1.82) is 0 Å². The molecule has 2 heteroatoms. The molecule has 0 N–H and O–H groups in total. The molecule has 2 nitrogen and oxygen atoms in total. The van der Waals surface area contributed by atoms with Gasteiger partial charge in [0.15, 0.2) is 5.90 Å². The average molecular weight is 139 g/mol. The van der Waals surface area contributed by atoms with Crippen LogP contribution in [0, 0.1) is 5.92 Å². The van der Waals surface area contributed by atoms with Crippen molar-refractivity contribution in [2.75, 3.05) is 6.61 Å². The van der Waals surface area contributed by atoms with E-state index in [0.29, 0.717) is 0 Å². The Labute approximate surface area is 61.6 Å². The van der Waals surface area contributed by atoms with Gasteiger partial charge in [-0.15, -0.1) is 0 Å². The number of nitrogens with zero attached hydrogens (tertiary/aromatic N) is 1. The van der Waals surface area contributed by atoms with Crippen LogP contribution in [0.3, 0.4) is 0 Å². The van der Waals surface area contributed by atoms with Crippen molar-refractivity contribution in [2.45, 2.75) is 19.8 Å². The van der Waals surface area contributed by atoms with Gasteiger partial charge in [0.1, 0.15) is 0 Å². The first-order valence-electron chi connectivity index (χ1n) is 3.61. The Morgan fingerprint density at radius 3 is 3.00 bits per heavy atom. The second-order valence-electron chi connectivity index (χ2n) is 2.59. The minimum Gasteiger partial charge on any atom is -0.481 e. The second-order valence-corrected chi connectivity index (χ2v) is 2.59. The highest BCUT2D eigenvalue weighted by Crippen LogP contribution is 2.28. The van der Waals surface area contributed by atoms with Crippen LogP contribution in [-0.2, 0) is 4.74 Å². The van der Waals surface area contributed by atoms with Crippen LogP contribution in [-0.4, -0.2) is 12.5 Å². The van der Waals surface area contributed by atoms with Gasteiger partial charge in [-0.25, -0.2) is 4.99 Å². The number of rotatable bonds is 3. The van der Waals surface area contributed by atoms with Crippen LogP contribution in [0.25, 0.3) is 0 Å². The number of aliphatic imine (C=N–C) groups is 1. The zero-order valence-electron chi connectivity index (χ0n) is 6.34. The maximum Gasteiger partial charge on any atom is 0.184 e. The lowest BCUT2D eigenvalue weighted by Gasteiger charge is -2.00. The van der Waals surface area contributed by atoms with Gasteiger partial charge in [0.25, 0.3) is 0 Å². The lowest BCUT2D eigenvalue weighted by Crippen LogP contribution is -2.01. The van der Waals surface area contributed by atoms with Gasteiger partial charge in [0.2, 0.25) is 0 Å². The molecule has 0 saturated heterocycles. The molecule has 10 heavy (non-hydrogen) atoms. The van der Waals surface area contributed by atoms with Gasteiger partial charge in [-0.1, -0.05) is 6.58 Å². The first kappa shape index (κ1) is 7.32. The summed E-state index contributed by atoms with van der Waals surface area (Å²) in [6.07, 6.45) is 4.14. The van der Waals surface area contributed by atoms with E-state index in [1.807, 2.05) is 6.92 Å². The summed E-state index contributed by atoms with van der Waals surface area (Å²) in [5.74, 6) is 1.52. The Bertz CT molecular complexity index is 147. The van der Waals surface area contributed by atoms with Gasteiger partial charge >= 0.3 is 0 Å². The molecule has 0 radical (unpaired) electrons. The molecular weight excluding hydrogens is 126 g/mol. The average Bonchev–Trinajstić information content (AvgIpc) is 2.67. The van der Waals surface area contributed by atoms with Crippen LogP contribution in [0.5, 0.6) is 0 Å². The normalized spacial score (nSPS) is 18.7. The molecule has 1 saturated carbocycles. The van der Waals surface area contributed by atoms with Crippen LogP contribution in [0.1, 0.15) is 19.8 Å². The lowest BCUT2D eigenvalue weighted by molar-refractivity contribution is 0.284. The molecular formula is C8H13NO. The van der Waals surface area contributed by atoms with Gasteiger partial charge < -0.3 is 4.74 Å². The molecule has 0 aromatic rings. The summed E-state index contributed by atoms with van der Waals surface area (Å²) in [5.41, 5.74) is 0. The fourth-order valence-corrected chi connectivity index (χ4v) is 0.689. The summed E-state index contributed by atoms with van der Waals surface area (Å²) in [5, 5.41) is 0. The fourth-order valence-electron chi connectivity index (χ4n) is 0.689. The predicted octanol–water partition coefficient (Wildman–Crippen LogP) is 1.97. The maximum absolute atomic E-state index is 5.29. The third-order valence-corrected chi connectivity index (χ3v) is 1.50. The lowest BCUT2D eigenvalue weighted by atomic mass is 10.5. The molecule has 0 amide bonds. The topological polar surface area (TPSA) is 21.6 Å². The predicted molar refractivity (Wildman–Crippen MR) is 42.0 cm³/mol. The molecule has 0 aromatic carbocycles.